The second kappa shape index (κ2) is 6.57. The molecule has 2 aromatic rings. The van der Waals surface area contributed by atoms with Crippen molar-refractivity contribution in [2.75, 3.05) is 6.61 Å². The summed E-state index contributed by atoms with van der Waals surface area (Å²) in [6, 6.07) is 3.70. The molecular formula is C12H12FN5O3. The van der Waals surface area contributed by atoms with Crippen molar-refractivity contribution in [2.45, 2.75) is 6.54 Å². The minimum absolute atomic E-state index is 0.0755. The van der Waals surface area contributed by atoms with Gasteiger partial charge in [0.1, 0.15) is 24.5 Å². The Morgan fingerprint density at radius 1 is 1.48 bits per heavy atom. The van der Waals surface area contributed by atoms with Crippen LogP contribution in [0.15, 0.2) is 24.4 Å². The molecule has 0 spiro atoms. The van der Waals surface area contributed by atoms with Gasteiger partial charge in [0.2, 0.25) is 0 Å². The summed E-state index contributed by atoms with van der Waals surface area (Å²) in [4.78, 5) is 21.8. The number of nitrogens with zero attached hydrogens (tertiary/aromatic N) is 3. The van der Waals surface area contributed by atoms with Gasteiger partial charge in [0.05, 0.1) is 12.7 Å². The first kappa shape index (κ1) is 14.6. The van der Waals surface area contributed by atoms with Gasteiger partial charge in [0.25, 0.3) is 5.91 Å². The van der Waals surface area contributed by atoms with Crippen molar-refractivity contribution in [2.24, 2.45) is 5.84 Å². The third-order valence-corrected chi connectivity index (χ3v) is 2.52. The summed E-state index contributed by atoms with van der Waals surface area (Å²) in [5.41, 5.74) is 2.20. The average molecular weight is 293 g/mol. The lowest BCUT2D eigenvalue weighted by Gasteiger charge is -2.06. The summed E-state index contributed by atoms with van der Waals surface area (Å²) in [7, 11) is 0. The number of nitrogen functional groups attached to an aromatic ring is 1. The van der Waals surface area contributed by atoms with Gasteiger partial charge in [-0.25, -0.2) is 14.9 Å². The number of aromatic nitrogens is 3. The number of hydrogen-bond acceptors (Lipinski definition) is 6. The summed E-state index contributed by atoms with van der Waals surface area (Å²) >= 11 is 0. The molecule has 0 saturated carbocycles. The lowest BCUT2D eigenvalue weighted by atomic mass is 10.2. The molecule has 0 unspecified atom stereocenters. The predicted molar refractivity (Wildman–Crippen MR) is 69.0 cm³/mol. The molecule has 1 amide bonds. The van der Waals surface area contributed by atoms with Gasteiger partial charge in [-0.1, -0.05) is 5.21 Å². The van der Waals surface area contributed by atoms with E-state index in [0.29, 0.717) is 6.29 Å². The smallest absolute Gasteiger partial charge is 0.287 e. The topological polar surface area (TPSA) is 112 Å². The zero-order chi connectivity index (χ0) is 15.2. The number of ether oxygens (including phenoxy) is 1. The van der Waals surface area contributed by atoms with Crippen LogP contribution in [0.5, 0.6) is 5.75 Å². The minimum Gasteiger partial charge on any atom is -0.492 e. The van der Waals surface area contributed by atoms with Gasteiger partial charge in [-0.05, 0) is 12.1 Å². The molecule has 1 aromatic heterocycles. The second-order valence-electron chi connectivity index (χ2n) is 4.03. The molecule has 0 aliphatic heterocycles. The Morgan fingerprint density at radius 2 is 2.29 bits per heavy atom. The van der Waals surface area contributed by atoms with Gasteiger partial charge < -0.3 is 4.74 Å². The van der Waals surface area contributed by atoms with Crippen molar-refractivity contribution in [3.8, 4) is 5.75 Å². The Labute approximate surface area is 118 Å². The summed E-state index contributed by atoms with van der Waals surface area (Å²) < 4.78 is 19.9. The van der Waals surface area contributed by atoms with Gasteiger partial charge in [-0.2, -0.15) is 0 Å². The Hall–Kier alpha value is -2.81. The summed E-state index contributed by atoms with van der Waals surface area (Å²) in [6.07, 6.45) is 1.93. The van der Waals surface area contributed by atoms with E-state index in [9.17, 15) is 14.0 Å². The predicted octanol–water partition coefficient (Wildman–Crippen LogP) is -0.0878. The highest BCUT2D eigenvalue weighted by Gasteiger charge is 2.08. The average Bonchev–Trinajstić information content (AvgIpc) is 2.94. The van der Waals surface area contributed by atoms with Crippen LogP contribution in [0.2, 0.25) is 0 Å². The van der Waals surface area contributed by atoms with Crippen molar-refractivity contribution >= 4 is 12.2 Å². The molecule has 0 radical (unpaired) electrons. The van der Waals surface area contributed by atoms with Crippen molar-refractivity contribution in [1.82, 2.24) is 20.4 Å². The standard InChI is InChI=1S/C12H12FN5O3/c13-9-3-8(7-19)4-10(5-9)21-2-1-18-6-11(16-17-18)12(20)15-14/h3-7H,1-2,14H2,(H,15,20). The maximum atomic E-state index is 13.2. The molecule has 0 bridgehead atoms. The molecule has 1 heterocycles. The third kappa shape index (κ3) is 3.83. The Kier molecular flexibility index (Phi) is 4.57. The fourth-order valence-electron chi connectivity index (χ4n) is 1.58. The number of hydrazine groups is 1. The Bertz CT molecular complexity index is 658. The first-order valence-electron chi connectivity index (χ1n) is 5.92. The molecule has 1 aromatic carbocycles. The molecule has 0 atom stereocenters. The van der Waals surface area contributed by atoms with E-state index in [1.54, 1.807) is 0 Å². The largest absolute Gasteiger partial charge is 0.492 e. The number of carbonyl (C=O) groups excluding carboxylic acids is 2. The van der Waals surface area contributed by atoms with Crippen LogP contribution in [-0.4, -0.2) is 33.8 Å². The molecule has 110 valence electrons. The first-order chi connectivity index (χ1) is 10.1. The quantitative estimate of drug-likeness (QED) is 0.333. The number of carbonyl (C=O) groups is 2. The molecule has 3 N–H and O–H groups in total. The number of halogens is 1. The van der Waals surface area contributed by atoms with E-state index in [-0.39, 0.29) is 30.2 Å². The molecule has 2 rings (SSSR count). The summed E-state index contributed by atoms with van der Waals surface area (Å²) in [5.74, 6) is 4.09. The van der Waals surface area contributed by atoms with Crippen molar-refractivity contribution in [3.63, 3.8) is 0 Å². The zero-order valence-electron chi connectivity index (χ0n) is 10.8. The van der Waals surface area contributed by atoms with Crippen LogP contribution in [-0.2, 0) is 6.54 Å². The third-order valence-electron chi connectivity index (χ3n) is 2.52. The van der Waals surface area contributed by atoms with Crippen LogP contribution in [0.3, 0.4) is 0 Å². The van der Waals surface area contributed by atoms with E-state index in [2.05, 4.69) is 10.3 Å². The van der Waals surface area contributed by atoms with Crippen LogP contribution in [0, 0.1) is 5.82 Å². The van der Waals surface area contributed by atoms with E-state index in [4.69, 9.17) is 10.6 Å². The Morgan fingerprint density at radius 3 is 3.00 bits per heavy atom. The Balaban J connectivity index is 1.92. The van der Waals surface area contributed by atoms with Crippen LogP contribution in [0.25, 0.3) is 0 Å². The highest BCUT2D eigenvalue weighted by Crippen LogP contribution is 2.15. The molecule has 0 fully saturated rings. The number of benzene rings is 1. The number of hydrogen-bond donors (Lipinski definition) is 2. The van der Waals surface area contributed by atoms with Crippen molar-refractivity contribution in [1.29, 1.82) is 0 Å². The lowest BCUT2D eigenvalue weighted by Crippen LogP contribution is -2.30. The van der Waals surface area contributed by atoms with Crippen molar-refractivity contribution < 1.29 is 18.7 Å². The summed E-state index contributed by atoms with van der Waals surface area (Å²) in [6.45, 7) is 0.451. The molecule has 0 saturated heterocycles. The van der Waals surface area contributed by atoms with Gasteiger partial charge in [0.15, 0.2) is 5.69 Å². The van der Waals surface area contributed by atoms with E-state index in [1.807, 2.05) is 5.43 Å². The zero-order valence-corrected chi connectivity index (χ0v) is 10.8. The summed E-state index contributed by atoms with van der Waals surface area (Å²) in [5, 5.41) is 7.32. The SMILES string of the molecule is NNC(=O)c1cn(CCOc2cc(F)cc(C=O)c2)nn1. The van der Waals surface area contributed by atoms with E-state index >= 15 is 0 Å². The minimum atomic E-state index is -0.558. The van der Waals surface area contributed by atoms with E-state index < -0.39 is 11.7 Å². The van der Waals surface area contributed by atoms with E-state index in [0.717, 1.165) is 6.07 Å². The number of rotatable bonds is 6. The van der Waals surface area contributed by atoms with Gasteiger partial charge in [-0.15, -0.1) is 5.10 Å². The van der Waals surface area contributed by atoms with Crippen LogP contribution in [0.4, 0.5) is 4.39 Å². The second-order valence-corrected chi connectivity index (χ2v) is 4.03. The lowest BCUT2D eigenvalue weighted by molar-refractivity contribution is 0.0948. The number of nitrogens with two attached hydrogens (primary N) is 1. The number of nitrogens with one attached hydrogen (secondary N) is 1. The maximum absolute atomic E-state index is 13.2. The molecule has 9 heteroatoms. The molecule has 8 nitrogen and oxygen atoms in total. The fourth-order valence-corrected chi connectivity index (χ4v) is 1.58. The maximum Gasteiger partial charge on any atom is 0.287 e. The normalized spacial score (nSPS) is 10.2. The highest BCUT2D eigenvalue weighted by molar-refractivity contribution is 5.91. The molecule has 0 aliphatic rings. The van der Waals surface area contributed by atoms with Crippen molar-refractivity contribution in [3.05, 3.63) is 41.5 Å². The van der Waals surface area contributed by atoms with Gasteiger partial charge in [0, 0.05) is 11.6 Å². The van der Waals surface area contributed by atoms with Crippen LogP contribution < -0.4 is 16.0 Å². The number of aldehydes is 1. The molecule has 0 aliphatic carbocycles. The molecular weight excluding hydrogens is 281 g/mol. The van der Waals surface area contributed by atoms with E-state index in [1.165, 1.54) is 23.0 Å². The van der Waals surface area contributed by atoms with Crippen LogP contribution in [0.1, 0.15) is 20.8 Å². The fraction of sp³-hybridized carbons (Fsp3) is 0.167. The molecule has 21 heavy (non-hydrogen) atoms. The monoisotopic (exact) mass is 293 g/mol. The van der Waals surface area contributed by atoms with Gasteiger partial charge >= 0.3 is 0 Å². The first-order valence-corrected chi connectivity index (χ1v) is 5.92. The highest BCUT2D eigenvalue weighted by atomic mass is 19.1. The van der Waals surface area contributed by atoms with Gasteiger partial charge in [-0.3, -0.25) is 15.0 Å². The number of amides is 1. The van der Waals surface area contributed by atoms with Crippen LogP contribution >= 0.6 is 0 Å².